The van der Waals surface area contributed by atoms with Gasteiger partial charge in [0.15, 0.2) is 6.61 Å². The smallest absolute Gasteiger partial charge is 0.308 e. The standard InChI is InChI=1S/C25H22N2O4/c1-17(28)27-13-12-19-7-4-5-9-22(19)23(27)15-25(30)31-16-24(29)26-21-11-10-18-6-2-3-8-20(18)14-21/h2-14,23H,15-16H2,1H3,(H,26,29)/t23-/m0/s1. The first kappa shape index (κ1) is 20.3. The molecule has 0 saturated carbocycles. The van der Waals surface area contributed by atoms with E-state index in [1.54, 1.807) is 12.3 Å². The second kappa shape index (κ2) is 8.83. The molecule has 0 bridgehead atoms. The number of ether oxygens (including phenoxy) is 1. The van der Waals surface area contributed by atoms with Crippen LogP contribution < -0.4 is 5.32 Å². The number of esters is 1. The molecule has 6 nitrogen and oxygen atoms in total. The molecule has 3 aromatic rings. The van der Waals surface area contributed by atoms with Gasteiger partial charge in [-0.1, -0.05) is 54.6 Å². The highest BCUT2D eigenvalue weighted by molar-refractivity contribution is 5.95. The third-order valence-electron chi connectivity index (χ3n) is 5.23. The minimum Gasteiger partial charge on any atom is -0.455 e. The van der Waals surface area contributed by atoms with Crippen LogP contribution >= 0.6 is 0 Å². The Kier molecular flexibility index (Phi) is 5.80. The Balaban J connectivity index is 1.37. The number of benzene rings is 3. The van der Waals surface area contributed by atoms with Crippen LogP contribution in [-0.4, -0.2) is 29.3 Å². The van der Waals surface area contributed by atoms with Gasteiger partial charge in [0.05, 0.1) is 12.5 Å². The molecule has 6 heteroatoms. The summed E-state index contributed by atoms with van der Waals surface area (Å²) in [6, 6.07) is 20.5. The van der Waals surface area contributed by atoms with Crippen molar-refractivity contribution in [3.8, 4) is 0 Å². The monoisotopic (exact) mass is 414 g/mol. The van der Waals surface area contributed by atoms with Gasteiger partial charge in [-0.25, -0.2) is 0 Å². The molecule has 1 aliphatic rings. The van der Waals surface area contributed by atoms with Crippen molar-refractivity contribution in [1.29, 1.82) is 0 Å². The molecule has 0 unspecified atom stereocenters. The average molecular weight is 414 g/mol. The highest BCUT2D eigenvalue weighted by Gasteiger charge is 2.28. The lowest BCUT2D eigenvalue weighted by Gasteiger charge is -2.32. The van der Waals surface area contributed by atoms with Gasteiger partial charge in [0.25, 0.3) is 5.91 Å². The first-order valence-corrected chi connectivity index (χ1v) is 10.0. The quantitative estimate of drug-likeness (QED) is 0.632. The lowest BCUT2D eigenvalue weighted by Crippen LogP contribution is -2.33. The molecule has 1 atom stereocenters. The fourth-order valence-electron chi connectivity index (χ4n) is 3.74. The van der Waals surface area contributed by atoms with E-state index in [1.807, 2.05) is 66.7 Å². The number of nitrogens with zero attached hydrogens (tertiary/aromatic N) is 1. The lowest BCUT2D eigenvalue weighted by molar-refractivity contribution is -0.149. The molecular weight excluding hydrogens is 392 g/mol. The third kappa shape index (κ3) is 4.64. The number of carbonyl (C=O) groups excluding carboxylic acids is 3. The molecule has 1 N–H and O–H groups in total. The predicted molar refractivity (Wildman–Crippen MR) is 119 cm³/mol. The number of carbonyl (C=O) groups is 3. The van der Waals surface area contributed by atoms with Crippen molar-refractivity contribution in [2.45, 2.75) is 19.4 Å². The maximum Gasteiger partial charge on any atom is 0.308 e. The third-order valence-corrected chi connectivity index (χ3v) is 5.23. The number of hydrogen-bond acceptors (Lipinski definition) is 4. The lowest BCUT2D eigenvalue weighted by atomic mass is 9.94. The molecule has 3 aromatic carbocycles. The maximum atomic E-state index is 12.5. The van der Waals surface area contributed by atoms with E-state index in [0.717, 1.165) is 21.9 Å². The number of anilines is 1. The van der Waals surface area contributed by atoms with Crippen molar-refractivity contribution in [1.82, 2.24) is 4.90 Å². The van der Waals surface area contributed by atoms with E-state index in [4.69, 9.17) is 4.74 Å². The SMILES string of the molecule is CC(=O)N1C=Cc2ccccc2[C@@H]1CC(=O)OCC(=O)Nc1ccc2ccccc2c1. The van der Waals surface area contributed by atoms with Crippen LogP contribution in [0, 0.1) is 0 Å². The van der Waals surface area contributed by atoms with Crippen molar-refractivity contribution in [2.24, 2.45) is 0 Å². The molecule has 4 rings (SSSR count). The summed E-state index contributed by atoms with van der Waals surface area (Å²) in [5.41, 5.74) is 2.46. The number of fused-ring (bicyclic) bond motifs is 2. The van der Waals surface area contributed by atoms with Crippen LogP contribution in [0.15, 0.2) is 72.9 Å². The summed E-state index contributed by atoms with van der Waals surface area (Å²) in [5.74, 6) is -1.14. The normalized spacial score (nSPS) is 14.7. The highest BCUT2D eigenvalue weighted by Crippen LogP contribution is 2.33. The minimum absolute atomic E-state index is 0.0375. The van der Waals surface area contributed by atoms with E-state index in [1.165, 1.54) is 11.8 Å². The summed E-state index contributed by atoms with van der Waals surface area (Å²) in [6.07, 6.45) is 3.48. The molecule has 31 heavy (non-hydrogen) atoms. The van der Waals surface area contributed by atoms with Gasteiger partial charge in [0.1, 0.15) is 0 Å². The van der Waals surface area contributed by atoms with E-state index in [0.29, 0.717) is 5.69 Å². The largest absolute Gasteiger partial charge is 0.455 e. The van der Waals surface area contributed by atoms with Crippen LogP contribution in [0.1, 0.15) is 30.5 Å². The van der Waals surface area contributed by atoms with Gasteiger partial charge >= 0.3 is 5.97 Å². The fourth-order valence-corrected chi connectivity index (χ4v) is 3.74. The molecule has 0 fully saturated rings. The zero-order valence-electron chi connectivity index (χ0n) is 17.1. The molecule has 1 heterocycles. The Morgan fingerprint density at radius 2 is 1.71 bits per heavy atom. The van der Waals surface area contributed by atoms with Gasteiger partial charge in [-0.3, -0.25) is 14.4 Å². The Hall–Kier alpha value is -3.93. The Bertz CT molecular complexity index is 1180. The van der Waals surface area contributed by atoms with Crippen LogP contribution in [0.5, 0.6) is 0 Å². The van der Waals surface area contributed by atoms with Crippen LogP contribution in [0.4, 0.5) is 5.69 Å². The van der Waals surface area contributed by atoms with Crippen LogP contribution in [-0.2, 0) is 19.1 Å². The van der Waals surface area contributed by atoms with E-state index in [9.17, 15) is 14.4 Å². The van der Waals surface area contributed by atoms with Crippen molar-refractivity contribution in [2.75, 3.05) is 11.9 Å². The molecular formula is C25H22N2O4. The van der Waals surface area contributed by atoms with Crippen LogP contribution in [0.2, 0.25) is 0 Å². The van der Waals surface area contributed by atoms with E-state index in [2.05, 4.69) is 5.32 Å². The Morgan fingerprint density at radius 1 is 0.968 bits per heavy atom. The Morgan fingerprint density at radius 3 is 2.52 bits per heavy atom. The van der Waals surface area contributed by atoms with Gasteiger partial charge < -0.3 is 15.0 Å². The van der Waals surface area contributed by atoms with E-state index < -0.39 is 24.5 Å². The van der Waals surface area contributed by atoms with E-state index in [-0.39, 0.29) is 12.3 Å². The van der Waals surface area contributed by atoms with Gasteiger partial charge in [-0.2, -0.15) is 0 Å². The molecule has 2 amide bonds. The zero-order chi connectivity index (χ0) is 21.8. The zero-order valence-corrected chi connectivity index (χ0v) is 17.1. The van der Waals surface area contributed by atoms with Gasteiger partial charge in [0, 0.05) is 18.8 Å². The topological polar surface area (TPSA) is 75.7 Å². The molecule has 156 valence electrons. The van der Waals surface area contributed by atoms with Crippen LogP contribution in [0.25, 0.3) is 16.8 Å². The fraction of sp³-hybridized carbons (Fsp3) is 0.160. The number of nitrogens with one attached hydrogen (secondary N) is 1. The average Bonchev–Trinajstić information content (AvgIpc) is 2.77. The van der Waals surface area contributed by atoms with Crippen LogP contribution in [0.3, 0.4) is 0 Å². The van der Waals surface area contributed by atoms with Crippen molar-refractivity contribution in [3.05, 3.63) is 84.1 Å². The second-order valence-electron chi connectivity index (χ2n) is 7.36. The van der Waals surface area contributed by atoms with Crippen molar-refractivity contribution < 1.29 is 19.1 Å². The molecule has 0 aromatic heterocycles. The van der Waals surface area contributed by atoms with E-state index >= 15 is 0 Å². The molecule has 0 saturated heterocycles. The predicted octanol–water partition coefficient (Wildman–Crippen LogP) is 4.29. The summed E-state index contributed by atoms with van der Waals surface area (Å²) >= 11 is 0. The highest BCUT2D eigenvalue weighted by atomic mass is 16.5. The summed E-state index contributed by atoms with van der Waals surface area (Å²) < 4.78 is 5.20. The Labute approximate surface area is 180 Å². The van der Waals surface area contributed by atoms with Gasteiger partial charge in [-0.15, -0.1) is 0 Å². The van der Waals surface area contributed by atoms with Crippen molar-refractivity contribution in [3.63, 3.8) is 0 Å². The molecule has 0 spiro atoms. The number of hydrogen-bond donors (Lipinski definition) is 1. The number of rotatable bonds is 5. The van der Waals surface area contributed by atoms with Crippen molar-refractivity contribution >= 4 is 40.3 Å². The first-order chi connectivity index (χ1) is 15.0. The summed E-state index contributed by atoms with van der Waals surface area (Å²) in [6.45, 7) is 1.06. The molecule has 0 aliphatic carbocycles. The summed E-state index contributed by atoms with van der Waals surface area (Å²) in [7, 11) is 0. The van der Waals surface area contributed by atoms with Gasteiger partial charge in [0.2, 0.25) is 5.91 Å². The molecule has 1 aliphatic heterocycles. The summed E-state index contributed by atoms with van der Waals surface area (Å²) in [5, 5.41) is 4.82. The molecule has 0 radical (unpaired) electrons. The number of amides is 2. The first-order valence-electron chi connectivity index (χ1n) is 10.0. The summed E-state index contributed by atoms with van der Waals surface area (Å²) in [4.78, 5) is 38.2. The maximum absolute atomic E-state index is 12.5. The minimum atomic E-state index is -0.546. The second-order valence-corrected chi connectivity index (χ2v) is 7.36. The van der Waals surface area contributed by atoms with Gasteiger partial charge in [-0.05, 0) is 40.1 Å².